The third-order valence-corrected chi connectivity index (χ3v) is 11.0. The molecule has 0 radical (unpaired) electrons. The lowest BCUT2D eigenvalue weighted by molar-refractivity contribution is -0.115. The van der Waals surface area contributed by atoms with E-state index in [9.17, 15) is 18.5 Å². The number of aliphatic hydroxyl groups excluding tert-OH is 1. The van der Waals surface area contributed by atoms with E-state index in [1.807, 2.05) is 24.0 Å². The zero-order valence-corrected chi connectivity index (χ0v) is 39.6. The summed E-state index contributed by atoms with van der Waals surface area (Å²) in [6.45, 7) is 3.80. The Kier molecular flexibility index (Phi) is 18.3. The standard InChI is InChI=1S/C26H31FN7O6P.C17H15BrClFN4O3/c1-2-34(10-12-40-41(36,37)38)9-4-11-39-21-7-8-22-23(16-21)28-17-29-26(22)31-24-14-20(32-33-24)15-25(35)30-19-6-3-5-18(27)13-19;1-24-8-21-16-13(24)7-10(17(26)23-27-5-4-25)15(14(16)20)22-12-3-2-9(18)6-11(12)19/h3,5-8,13-14,16-17H,2,4,9-12,15H2,1H3,(H,30,35)(H2,36,37,38)(H2,28,29,31,32,33);2-3,6-8,22,25H,4-5H2,1H3,(H,23,26). The van der Waals surface area contributed by atoms with Crippen LogP contribution in [-0.4, -0.2) is 107 Å². The SMILES string of the molecule is CCN(CCCOc1ccc2c(Nc3cc(CC(=O)Nc4cccc(F)c4)[nH]n3)ncnc2c1)CCOP(=O)(O)O.Cn1cnc2c(F)c(Nc3ccc(Br)cc3Cl)c(C(=O)NOCCO)cc21. The summed E-state index contributed by atoms with van der Waals surface area (Å²) in [4.78, 5) is 62.0. The Hall–Kier alpha value is -6.14. The molecule has 0 saturated heterocycles. The number of anilines is 5. The average molecular weight is 1050 g/mol. The van der Waals surface area contributed by atoms with Gasteiger partial charge in [-0.1, -0.05) is 40.5 Å². The molecule has 20 nitrogen and oxygen atoms in total. The van der Waals surface area contributed by atoms with E-state index in [0.29, 0.717) is 83.2 Å². The van der Waals surface area contributed by atoms with Gasteiger partial charge >= 0.3 is 7.82 Å². The van der Waals surface area contributed by atoms with E-state index < -0.39 is 25.4 Å². The van der Waals surface area contributed by atoms with Crippen molar-refractivity contribution < 1.29 is 51.9 Å². The second-order valence-corrected chi connectivity index (χ2v) is 17.2. The molecule has 7 rings (SSSR count). The average Bonchev–Trinajstić information content (AvgIpc) is 3.90. The largest absolute Gasteiger partial charge is 0.493 e. The number of H-pyrrole nitrogens is 1. The molecule has 0 bridgehead atoms. The molecule has 0 atom stereocenters. The van der Waals surface area contributed by atoms with Crippen molar-refractivity contribution in [3.05, 3.63) is 118 Å². The van der Waals surface area contributed by atoms with Crippen LogP contribution in [-0.2, 0) is 32.2 Å². The first kappa shape index (κ1) is 51.3. The lowest BCUT2D eigenvalue weighted by atomic mass is 10.1. The molecule has 4 aromatic carbocycles. The molecule has 7 aromatic rings. The minimum Gasteiger partial charge on any atom is -0.493 e. The number of aromatic nitrogens is 6. The first-order valence-corrected chi connectivity index (χ1v) is 23.4. The molecule has 360 valence electrons. The Balaban J connectivity index is 0.000000244. The number of aromatic amines is 1. The Morgan fingerprint density at radius 1 is 0.985 bits per heavy atom. The predicted octanol–water partition coefficient (Wildman–Crippen LogP) is 7.14. The van der Waals surface area contributed by atoms with Gasteiger partial charge in [0, 0.05) is 53.5 Å². The van der Waals surface area contributed by atoms with Gasteiger partial charge < -0.3 is 45.0 Å². The Bertz CT molecular complexity index is 2910. The maximum Gasteiger partial charge on any atom is 0.469 e. The number of hydrogen-bond donors (Lipinski definition) is 8. The van der Waals surface area contributed by atoms with Crippen molar-refractivity contribution in [2.24, 2.45) is 7.05 Å². The van der Waals surface area contributed by atoms with Crippen LogP contribution in [0.2, 0.25) is 5.02 Å². The molecule has 68 heavy (non-hydrogen) atoms. The van der Waals surface area contributed by atoms with Gasteiger partial charge in [0.1, 0.15) is 29.2 Å². The van der Waals surface area contributed by atoms with Crippen LogP contribution >= 0.6 is 35.4 Å². The summed E-state index contributed by atoms with van der Waals surface area (Å²) in [6.07, 6.45) is 3.61. The van der Waals surface area contributed by atoms with Crippen molar-refractivity contribution in [1.82, 2.24) is 40.1 Å². The highest BCUT2D eigenvalue weighted by molar-refractivity contribution is 9.10. The molecule has 0 aliphatic carbocycles. The molecular weight excluding hydrogens is 999 g/mol. The molecule has 3 heterocycles. The smallest absolute Gasteiger partial charge is 0.469 e. The van der Waals surface area contributed by atoms with E-state index in [2.05, 4.69) is 67.0 Å². The van der Waals surface area contributed by atoms with Gasteiger partial charge in [0.05, 0.1) is 72.2 Å². The first-order valence-electron chi connectivity index (χ1n) is 20.7. The van der Waals surface area contributed by atoms with Crippen molar-refractivity contribution >= 4 is 97.8 Å². The van der Waals surface area contributed by atoms with Crippen LogP contribution in [0, 0.1) is 11.6 Å². The molecule has 8 N–H and O–H groups in total. The highest BCUT2D eigenvalue weighted by atomic mass is 79.9. The molecule has 0 aliphatic rings. The van der Waals surface area contributed by atoms with Crippen molar-refractivity contribution in [1.29, 1.82) is 0 Å². The number of halogens is 4. The van der Waals surface area contributed by atoms with Crippen LogP contribution in [0.25, 0.3) is 21.9 Å². The van der Waals surface area contributed by atoms with Crippen LogP contribution < -0.4 is 26.2 Å². The van der Waals surface area contributed by atoms with Gasteiger partial charge in [0.25, 0.3) is 5.91 Å². The highest BCUT2D eigenvalue weighted by Crippen LogP contribution is 2.36. The maximum absolute atomic E-state index is 15.1. The van der Waals surface area contributed by atoms with Crippen LogP contribution in [0.5, 0.6) is 5.75 Å². The number of benzene rings is 4. The third-order valence-electron chi connectivity index (χ3n) is 9.70. The van der Waals surface area contributed by atoms with Crippen molar-refractivity contribution in [2.45, 2.75) is 19.8 Å². The molecule has 0 spiro atoms. The van der Waals surface area contributed by atoms with Crippen LogP contribution in [0.15, 0.2) is 89.9 Å². The molecule has 2 amide bonds. The number of hydroxylamine groups is 1. The van der Waals surface area contributed by atoms with E-state index >= 15 is 4.39 Å². The number of hydrogen-bond acceptors (Lipinski definition) is 14. The number of aryl methyl sites for hydroxylation is 1. The number of aliphatic hydroxyl groups is 1. The zero-order chi connectivity index (χ0) is 48.8. The Labute approximate surface area is 400 Å². The lowest BCUT2D eigenvalue weighted by Gasteiger charge is -2.20. The summed E-state index contributed by atoms with van der Waals surface area (Å²) in [6, 6.07) is 19.3. The number of phosphoric ester groups is 1. The number of carbonyl (C=O) groups is 2. The fourth-order valence-electron chi connectivity index (χ4n) is 6.47. The number of amides is 2. The molecule has 0 unspecified atom stereocenters. The Morgan fingerprint density at radius 3 is 2.56 bits per heavy atom. The predicted molar refractivity (Wildman–Crippen MR) is 254 cm³/mol. The van der Waals surface area contributed by atoms with E-state index in [4.69, 9.17) is 36.1 Å². The number of phosphoric acid groups is 1. The van der Waals surface area contributed by atoms with Gasteiger partial charge in [-0.3, -0.25) is 24.0 Å². The van der Waals surface area contributed by atoms with Crippen LogP contribution in [0.4, 0.5) is 37.5 Å². The quantitative estimate of drug-likeness (QED) is 0.0202. The third kappa shape index (κ3) is 14.7. The van der Waals surface area contributed by atoms with Gasteiger partial charge in [0.2, 0.25) is 5.91 Å². The van der Waals surface area contributed by atoms with E-state index in [1.165, 1.54) is 36.9 Å². The summed E-state index contributed by atoms with van der Waals surface area (Å²) in [5.74, 6) is -0.494. The first-order chi connectivity index (χ1) is 32.6. The summed E-state index contributed by atoms with van der Waals surface area (Å²) in [5, 5.41) is 25.5. The van der Waals surface area contributed by atoms with Crippen LogP contribution in [0.1, 0.15) is 29.4 Å². The number of imidazole rings is 1. The molecule has 0 fully saturated rings. The molecule has 25 heteroatoms. The van der Waals surface area contributed by atoms with Gasteiger partial charge in [-0.2, -0.15) is 5.10 Å². The fourth-order valence-corrected chi connectivity index (χ4v) is 7.51. The van der Waals surface area contributed by atoms with Crippen LogP contribution in [0.3, 0.4) is 0 Å². The zero-order valence-electron chi connectivity index (χ0n) is 36.4. The molecule has 0 saturated carbocycles. The lowest BCUT2D eigenvalue weighted by Crippen LogP contribution is -2.29. The second kappa shape index (κ2) is 24.2. The van der Waals surface area contributed by atoms with Crippen molar-refractivity contribution in [2.75, 3.05) is 62.0 Å². The van der Waals surface area contributed by atoms with Gasteiger partial charge in [-0.15, -0.1) is 0 Å². The summed E-state index contributed by atoms with van der Waals surface area (Å²) in [7, 11) is -2.77. The normalized spacial score (nSPS) is 11.4. The van der Waals surface area contributed by atoms with Gasteiger partial charge in [-0.05, 0) is 67.6 Å². The number of likely N-dealkylation sites (N-methyl/N-ethyl adjacent to an activating group) is 1. The van der Waals surface area contributed by atoms with E-state index in [1.54, 1.807) is 48.0 Å². The second-order valence-electron chi connectivity index (χ2n) is 14.6. The van der Waals surface area contributed by atoms with E-state index in [-0.39, 0.29) is 48.9 Å². The van der Waals surface area contributed by atoms with Gasteiger partial charge in [0.15, 0.2) is 11.6 Å². The minimum atomic E-state index is -4.46. The fraction of sp³-hybridized carbons (Fsp3) is 0.256. The molecule has 0 aliphatic heterocycles. The topological polar surface area (TPSA) is 263 Å². The highest BCUT2D eigenvalue weighted by Gasteiger charge is 2.23. The number of nitrogens with zero attached hydrogens (tertiary/aromatic N) is 6. The van der Waals surface area contributed by atoms with Crippen molar-refractivity contribution in [3.63, 3.8) is 0 Å². The summed E-state index contributed by atoms with van der Waals surface area (Å²) in [5.41, 5.74) is 4.65. The number of fused-ring (bicyclic) bond motifs is 2. The number of nitrogens with one attached hydrogen (secondary N) is 5. The molecular formula is C43H46BrClF2N11O9P. The summed E-state index contributed by atoms with van der Waals surface area (Å²) < 4.78 is 52.0. The molecule has 3 aromatic heterocycles. The maximum atomic E-state index is 15.1. The monoisotopic (exact) mass is 1040 g/mol. The Morgan fingerprint density at radius 2 is 1.81 bits per heavy atom. The van der Waals surface area contributed by atoms with Crippen molar-refractivity contribution in [3.8, 4) is 5.75 Å². The number of rotatable bonds is 21. The van der Waals surface area contributed by atoms with E-state index in [0.717, 1.165) is 9.86 Å². The summed E-state index contributed by atoms with van der Waals surface area (Å²) >= 11 is 9.51. The van der Waals surface area contributed by atoms with Gasteiger partial charge in [-0.25, -0.2) is 33.8 Å². The number of ether oxygens (including phenoxy) is 1. The number of carbonyl (C=O) groups excluding carboxylic acids is 2. The minimum absolute atomic E-state index is 0.000486.